The number of hydrogen-bond donors (Lipinski definition) is 2. The maximum absolute atomic E-state index is 12.1. The van der Waals surface area contributed by atoms with Gasteiger partial charge >= 0.3 is 12.0 Å². The molecule has 6 heteroatoms. The Balaban J connectivity index is 1.83. The molecule has 0 spiro atoms. The molecule has 20 heavy (non-hydrogen) atoms. The molecule has 1 fully saturated rings. The van der Waals surface area contributed by atoms with Gasteiger partial charge in [0.25, 0.3) is 0 Å². The van der Waals surface area contributed by atoms with Crippen LogP contribution in [0.3, 0.4) is 0 Å². The molecule has 0 saturated heterocycles. The summed E-state index contributed by atoms with van der Waals surface area (Å²) in [5.74, 6) is -0.953. The maximum atomic E-state index is 12.1. The van der Waals surface area contributed by atoms with Crippen LogP contribution in [0.2, 0.25) is 0 Å². The summed E-state index contributed by atoms with van der Waals surface area (Å²) < 4.78 is 0. The van der Waals surface area contributed by atoms with E-state index in [2.05, 4.69) is 5.32 Å². The van der Waals surface area contributed by atoms with Gasteiger partial charge in [-0.2, -0.15) is 0 Å². The standard InChI is InChI=1S/C14H20N2O3S/c17-13(18)10-16(11-4-1-2-5-11)14(19)15-8-7-12-6-3-9-20-12/h3,6,9,11H,1-2,4-5,7-8,10H2,(H,15,19)(H,17,18). The van der Waals surface area contributed by atoms with Crippen LogP contribution in [0.5, 0.6) is 0 Å². The Morgan fingerprint density at radius 3 is 2.75 bits per heavy atom. The summed E-state index contributed by atoms with van der Waals surface area (Å²) in [6.07, 6.45) is 4.75. The number of amides is 2. The average molecular weight is 296 g/mol. The van der Waals surface area contributed by atoms with Crippen molar-refractivity contribution in [1.82, 2.24) is 10.2 Å². The van der Waals surface area contributed by atoms with E-state index in [4.69, 9.17) is 5.11 Å². The van der Waals surface area contributed by atoms with E-state index < -0.39 is 5.97 Å². The molecule has 2 rings (SSSR count). The van der Waals surface area contributed by atoms with E-state index in [9.17, 15) is 9.59 Å². The topological polar surface area (TPSA) is 69.6 Å². The van der Waals surface area contributed by atoms with Crippen LogP contribution in [-0.2, 0) is 11.2 Å². The lowest BCUT2D eigenvalue weighted by Gasteiger charge is -2.27. The molecule has 110 valence electrons. The first-order valence-corrected chi connectivity index (χ1v) is 7.83. The molecule has 2 amide bonds. The van der Waals surface area contributed by atoms with Crippen molar-refractivity contribution in [3.8, 4) is 0 Å². The van der Waals surface area contributed by atoms with Gasteiger partial charge in [0.1, 0.15) is 6.54 Å². The predicted octanol–water partition coefficient (Wildman–Crippen LogP) is 2.33. The van der Waals surface area contributed by atoms with Crippen molar-refractivity contribution < 1.29 is 14.7 Å². The lowest BCUT2D eigenvalue weighted by Crippen LogP contribution is -2.48. The quantitative estimate of drug-likeness (QED) is 0.846. The molecule has 1 heterocycles. The van der Waals surface area contributed by atoms with Crippen LogP contribution in [0.15, 0.2) is 17.5 Å². The maximum Gasteiger partial charge on any atom is 0.323 e. The molecule has 0 aromatic carbocycles. The average Bonchev–Trinajstić information content (AvgIpc) is 3.08. The highest BCUT2D eigenvalue weighted by atomic mass is 32.1. The van der Waals surface area contributed by atoms with Gasteiger partial charge in [-0.25, -0.2) is 4.79 Å². The lowest BCUT2D eigenvalue weighted by molar-refractivity contribution is -0.138. The molecule has 1 aromatic heterocycles. The van der Waals surface area contributed by atoms with E-state index in [-0.39, 0.29) is 18.6 Å². The van der Waals surface area contributed by atoms with Gasteiger partial charge in [-0.05, 0) is 30.7 Å². The van der Waals surface area contributed by atoms with Gasteiger partial charge in [0.2, 0.25) is 0 Å². The van der Waals surface area contributed by atoms with Crippen LogP contribution in [0.1, 0.15) is 30.6 Å². The van der Waals surface area contributed by atoms with Gasteiger partial charge in [0.05, 0.1) is 0 Å². The number of nitrogens with one attached hydrogen (secondary N) is 1. The van der Waals surface area contributed by atoms with Gasteiger partial charge in [0, 0.05) is 17.5 Å². The van der Waals surface area contributed by atoms with E-state index in [0.717, 1.165) is 32.1 Å². The molecule has 2 N–H and O–H groups in total. The molecule has 5 nitrogen and oxygen atoms in total. The van der Waals surface area contributed by atoms with Crippen molar-refractivity contribution in [1.29, 1.82) is 0 Å². The zero-order valence-electron chi connectivity index (χ0n) is 11.4. The Kier molecular flexibility index (Phi) is 5.40. The molecule has 1 aliphatic carbocycles. The number of nitrogens with zero attached hydrogens (tertiary/aromatic N) is 1. The monoisotopic (exact) mass is 296 g/mol. The van der Waals surface area contributed by atoms with E-state index in [0.29, 0.717) is 6.54 Å². The van der Waals surface area contributed by atoms with E-state index >= 15 is 0 Å². The van der Waals surface area contributed by atoms with E-state index in [1.165, 1.54) is 9.78 Å². The normalized spacial score (nSPS) is 15.2. The number of carbonyl (C=O) groups excluding carboxylic acids is 1. The fourth-order valence-electron chi connectivity index (χ4n) is 2.58. The van der Waals surface area contributed by atoms with Gasteiger partial charge in [-0.1, -0.05) is 18.9 Å². The number of aliphatic carboxylic acids is 1. The molecular weight excluding hydrogens is 276 g/mol. The van der Waals surface area contributed by atoms with Crippen molar-refractivity contribution in [2.45, 2.75) is 38.1 Å². The Morgan fingerprint density at radius 1 is 1.40 bits per heavy atom. The van der Waals surface area contributed by atoms with Crippen LogP contribution in [0.25, 0.3) is 0 Å². The number of carboxylic acids is 1. The van der Waals surface area contributed by atoms with Crippen molar-refractivity contribution in [3.63, 3.8) is 0 Å². The number of urea groups is 1. The minimum atomic E-state index is -0.953. The second-order valence-electron chi connectivity index (χ2n) is 5.02. The summed E-state index contributed by atoms with van der Waals surface area (Å²) in [5.41, 5.74) is 0. The smallest absolute Gasteiger partial charge is 0.323 e. The van der Waals surface area contributed by atoms with Crippen molar-refractivity contribution in [3.05, 3.63) is 22.4 Å². The third-order valence-electron chi connectivity index (χ3n) is 3.56. The highest BCUT2D eigenvalue weighted by molar-refractivity contribution is 7.09. The van der Waals surface area contributed by atoms with E-state index in [1.54, 1.807) is 11.3 Å². The van der Waals surface area contributed by atoms with Gasteiger partial charge < -0.3 is 15.3 Å². The third kappa shape index (κ3) is 4.23. The third-order valence-corrected chi connectivity index (χ3v) is 4.50. The number of hydrogen-bond acceptors (Lipinski definition) is 3. The van der Waals surface area contributed by atoms with Crippen LogP contribution in [0, 0.1) is 0 Å². The fourth-order valence-corrected chi connectivity index (χ4v) is 3.29. The highest BCUT2D eigenvalue weighted by Gasteiger charge is 2.28. The summed E-state index contributed by atoms with van der Waals surface area (Å²) >= 11 is 1.66. The Morgan fingerprint density at radius 2 is 2.15 bits per heavy atom. The molecule has 1 aromatic rings. The number of carboxylic acid groups (broad SMARTS) is 1. The number of thiophene rings is 1. The molecule has 0 unspecified atom stereocenters. The molecule has 0 aliphatic heterocycles. The van der Waals surface area contributed by atoms with Crippen molar-refractivity contribution in [2.24, 2.45) is 0 Å². The lowest BCUT2D eigenvalue weighted by atomic mass is 10.2. The second kappa shape index (κ2) is 7.28. The van der Waals surface area contributed by atoms with Crippen molar-refractivity contribution in [2.75, 3.05) is 13.1 Å². The van der Waals surface area contributed by atoms with E-state index in [1.807, 2.05) is 17.5 Å². The van der Waals surface area contributed by atoms with Crippen LogP contribution >= 0.6 is 11.3 Å². The van der Waals surface area contributed by atoms with Gasteiger partial charge in [-0.3, -0.25) is 4.79 Å². The minimum absolute atomic E-state index is 0.0767. The molecule has 0 radical (unpaired) electrons. The second-order valence-corrected chi connectivity index (χ2v) is 6.05. The number of carbonyl (C=O) groups is 2. The van der Waals surface area contributed by atoms with Gasteiger partial charge in [0.15, 0.2) is 0 Å². The molecule has 0 bridgehead atoms. The predicted molar refractivity (Wildman–Crippen MR) is 78.0 cm³/mol. The summed E-state index contributed by atoms with van der Waals surface area (Å²) in [6, 6.07) is 3.84. The molecule has 1 aliphatic rings. The zero-order valence-corrected chi connectivity index (χ0v) is 12.2. The Bertz CT molecular complexity index is 441. The summed E-state index contributed by atoms with van der Waals surface area (Å²) in [4.78, 5) is 25.8. The molecule has 0 atom stereocenters. The Labute approximate surface area is 122 Å². The first kappa shape index (κ1) is 14.8. The van der Waals surface area contributed by atoms with Crippen molar-refractivity contribution >= 4 is 23.3 Å². The van der Waals surface area contributed by atoms with Crippen LogP contribution < -0.4 is 5.32 Å². The number of rotatable bonds is 6. The van der Waals surface area contributed by atoms with Gasteiger partial charge in [-0.15, -0.1) is 11.3 Å². The largest absolute Gasteiger partial charge is 0.480 e. The van der Waals surface area contributed by atoms with Crippen LogP contribution in [-0.4, -0.2) is 41.1 Å². The summed E-state index contributed by atoms with van der Waals surface area (Å²) in [7, 11) is 0. The van der Waals surface area contributed by atoms with Crippen LogP contribution in [0.4, 0.5) is 4.79 Å². The first-order valence-electron chi connectivity index (χ1n) is 6.95. The highest BCUT2D eigenvalue weighted by Crippen LogP contribution is 2.23. The SMILES string of the molecule is O=C(O)CN(C(=O)NCCc1cccs1)C1CCCC1. The molecular formula is C14H20N2O3S. The summed E-state index contributed by atoms with van der Waals surface area (Å²) in [6.45, 7) is 0.331. The molecule has 1 saturated carbocycles. The Hall–Kier alpha value is -1.56. The fraction of sp³-hybridized carbons (Fsp3) is 0.571. The first-order chi connectivity index (χ1) is 9.66. The minimum Gasteiger partial charge on any atom is -0.480 e. The zero-order chi connectivity index (χ0) is 14.4. The summed E-state index contributed by atoms with van der Waals surface area (Å²) in [5, 5.41) is 13.8.